The van der Waals surface area contributed by atoms with Gasteiger partial charge in [0.25, 0.3) is 0 Å². The average Bonchev–Trinajstić information content (AvgIpc) is 3.92. The molecule has 352 valence electrons. The van der Waals surface area contributed by atoms with Crippen molar-refractivity contribution >= 4 is 27.5 Å². The van der Waals surface area contributed by atoms with Gasteiger partial charge in [0.2, 0.25) is 0 Å². The second-order valence-electron chi connectivity index (χ2n) is 16.8. The molecule has 0 atom stereocenters. The lowest BCUT2D eigenvalue weighted by Crippen LogP contribution is -2.06. The van der Waals surface area contributed by atoms with Gasteiger partial charge in [0, 0.05) is 50.2 Å². The first-order chi connectivity index (χ1) is 34.4. The smallest absolute Gasteiger partial charge is 0.160 e. The molecule has 0 saturated heterocycles. The Labute approximate surface area is 417 Å². The third-order valence-corrected chi connectivity index (χ3v) is 12.8. The molecule has 4 heteroatoms. The Bertz CT molecular complexity index is 3220. The first kappa shape index (κ1) is 50.1. The van der Waals surface area contributed by atoms with Gasteiger partial charge >= 0.3 is 0 Å². The monoisotopic (exact) mass is 917 g/mol. The first-order valence-corrected chi connectivity index (χ1v) is 25.2. The molecule has 0 unspecified atom stereocenters. The molecule has 1 aliphatic rings. The van der Waals surface area contributed by atoms with Crippen molar-refractivity contribution in [2.45, 2.75) is 80.6 Å². The summed E-state index contributed by atoms with van der Waals surface area (Å²) in [6.07, 6.45) is 17.0. The van der Waals surface area contributed by atoms with Crippen LogP contribution >= 0.6 is 0 Å². The summed E-state index contributed by atoms with van der Waals surface area (Å²) in [6, 6.07) is 54.9. The second kappa shape index (κ2) is 24.0. The molecule has 0 spiro atoms. The maximum absolute atomic E-state index is 5.32. The zero-order chi connectivity index (χ0) is 49.6. The molecule has 3 heterocycles. The van der Waals surface area contributed by atoms with Gasteiger partial charge in [0.15, 0.2) is 5.82 Å². The van der Waals surface area contributed by atoms with Crippen LogP contribution in [0.5, 0.6) is 0 Å². The molecule has 0 N–H and O–H groups in total. The topological polar surface area (TPSA) is 35.6 Å². The summed E-state index contributed by atoms with van der Waals surface area (Å²) in [5, 5.41) is 2.62. The van der Waals surface area contributed by atoms with Gasteiger partial charge in [-0.25, -0.2) is 9.97 Å². The molecule has 0 bridgehead atoms. The summed E-state index contributed by atoms with van der Waals surface area (Å²) in [4.78, 5) is 10.5. The van der Waals surface area contributed by atoms with E-state index in [0.29, 0.717) is 5.82 Å². The standard InChI is InChI=1S/C58H50N4.C4H6.2C2H6/c1-5-8-24-47(6-2)61-39(4)49(7-3)51-36-42(29-31-56(51)61)44-33-45(43-30-32-57-52(37-43)50-27-18-19-28-55(50)62(57)48-25-16-11-17-26-48)35-46(34-44)54-38-53(40-20-12-9-13-21-40)59-58(60-54)41-22-14-10-15-23-41;1-3-4-2;2*1-2/h5-6,8-17,20-26,29-38H,1,7,18-19,27-28H2,2-4H3;3-4H,1-2H2;2*1-2H3/b24-8-,47-6+;;;. The van der Waals surface area contributed by atoms with Crippen LogP contribution < -0.4 is 0 Å². The predicted molar refractivity (Wildman–Crippen MR) is 305 cm³/mol. The maximum atomic E-state index is 5.32. The molecule has 3 aromatic heterocycles. The summed E-state index contributed by atoms with van der Waals surface area (Å²) in [6.45, 7) is 25.3. The molecule has 0 saturated carbocycles. The van der Waals surface area contributed by atoms with Gasteiger partial charge in [0.05, 0.1) is 22.4 Å². The van der Waals surface area contributed by atoms with Crippen molar-refractivity contribution in [1.29, 1.82) is 0 Å². The Hall–Kier alpha value is -7.82. The Morgan fingerprint density at radius 3 is 1.69 bits per heavy atom. The minimum atomic E-state index is 0.709. The summed E-state index contributed by atoms with van der Waals surface area (Å²) < 4.78 is 4.89. The summed E-state index contributed by atoms with van der Waals surface area (Å²) >= 11 is 0. The summed E-state index contributed by atoms with van der Waals surface area (Å²) in [5.41, 5.74) is 20.0. The van der Waals surface area contributed by atoms with Gasteiger partial charge in [0.1, 0.15) is 0 Å². The number of aryl methyl sites for hydroxylation is 2. The van der Waals surface area contributed by atoms with E-state index in [4.69, 9.17) is 9.97 Å². The highest BCUT2D eigenvalue weighted by Crippen LogP contribution is 2.41. The van der Waals surface area contributed by atoms with E-state index < -0.39 is 0 Å². The van der Waals surface area contributed by atoms with E-state index >= 15 is 0 Å². The normalized spacial score (nSPS) is 12.0. The summed E-state index contributed by atoms with van der Waals surface area (Å²) in [5.74, 6) is 0.709. The Balaban J connectivity index is 0.000000850. The number of hydrogen-bond donors (Lipinski definition) is 0. The van der Waals surface area contributed by atoms with Crippen LogP contribution in [0.15, 0.2) is 208 Å². The molecular formula is C66H68N4. The number of benzene rings is 6. The van der Waals surface area contributed by atoms with Crippen molar-refractivity contribution in [3.05, 3.63) is 230 Å². The Morgan fingerprint density at radius 2 is 1.10 bits per heavy atom. The van der Waals surface area contributed by atoms with Crippen LogP contribution in [0.2, 0.25) is 0 Å². The van der Waals surface area contributed by atoms with Crippen LogP contribution in [0.25, 0.3) is 89.3 Å². The predicted octanol–water partition coefficient (Wildman–Crippen LogP) is 18.5. The molecular weight excluding hydrogens is 849 g/mol. The van der Waals surface area contributed by atoms with Crippen molar-refractivity contribution in [3.8, 4) is 61.8 Å². The molecule has 0 radical (unpaired) electrons. The third kappa shape index (κ3) is 10.4. The zero-order valence-electron chi connectivity index (χ0n) is 42.3. The first-order valence-electron chi connectivity index (χ1n) is 25.2. The number of aromatic nitrogens is 4. The van der Waals surface area contributed by atoms with Crippen LogP contribution in [-0.2, 0) is 19.3 Å². The lowest BCUT2D eigenvalue weighted by atomic mass is 9.91. The second-order valence-corrected chi connectivity index (χ2v) is 16.8. The number of para-hydroxylation sites is 1. The number of fused-ring (bicyclic) bond motifs is 4. The van der Waals surface area contributed by atoms with Gasteiger partial charge in [-0.1, -0.05) is 176 Å². The van der Waals surface area contributed by atoms with Gasteiger partial charge in [-0.2, -0.15) is 0 Å². The van der Waals surface area contributed by atoms with Crippen LogP contribution in [0.1, 0.15) is 76.9 Å². The van der Waals surface area contributed by atoms with Crippen LogP contribution in [-0.4, -0.2) is 19.1 Å². The number of rotatable bonds is 11. The molecule has 1 aliphatic carbocycles. The number of hydrogen-bond acceptors (Lipinski definition) is 2. The van der Waals surface area contributed by atoms with E-state index in [2.05, 4.69) is 207 Å². The fourth-order valence-corrected chi connectivity index (χ4v) is 9.68. The van der Waals surface area contributed by atoms with Crippen molar-refractivity contribution < 1.29 is 0 Å². The van der Waals surface area contributed by atoms with E-state index in [0.717, 1.165) is 64.2 Å². The third-order valence-electron chi connectivity index (χ3n) is 12.8. The molecule has 0 amide bonds. The van der Waals surface area contributed by atoms with Crippen LogP contribution in [0, 0.1) is 6.92 Å². The lowest BCUT2D eigenvalue weighted by molar-refractivity contribution is 0.667. The molecule has 9 aromatic rings. The number of allylic oxidation sites excluding steroid dienone is 7. The van der Waals surface area contributed by atoms with E-state index in [1.165, 1.54) is 74.0 Å². The maximum Gasteiger partial charge on any atom is 0.160 e. The SMILES string of the molecule is C=C/C=C\C(=C/C)n1c(C)c(CC)c2cc(-c3cc(-c4ccc5c(c4)c4c(n5-c5ccccc5)CCCC4)cc(-c4cc(-c5ccccc5)nc(-c5ccccc5)n4)c3)ccc21.C=CC=C.CC.CC. The van der Waals surface area contributed by atoms with Crippen LogP contribution in [0.4, 0.5) is 0 Å². The fraction of sp³-hybridized carbons (Fsp3) is 0.182. The molecule has 0 aliphatic heterocycles. The van der Waals surface area contributed by atoms with E-state index in [9.17, 15) is 0 Å². The molecule has 4 nitrogen and oxygen atoms in total. The zero-order valence-corrected chi connectivity index (χ0v) is 42.3. The van der Waals surface area contributed by atoms with Gasteiger partial charge in [-0.3, -0.25) is 0 Å². The highest BCUT2D eigenvalue weighted by atomic mass is 15.0. The van der Waals surface area contributed by atoms with Crippen molar-refractivity contribution in [2.24, 2.45) is 0 Å². The van der Waals surface area contributed by atoms with Gasteiger partial charge < -0.3 is 9.13 Å². The quantitative estimate of drug-likeness (QED) is 0.121. The molecule has 10 rings (SSSR count). The van der Waals surface area contributed by atoms with Crippen molar-refractivity contribution in [3.63, 3.8) is 0 Å². The van der Waals surface area contributed by atoms with Gasteiger partial charge in [-0.05, 0) is 146 Å². The highest BCUT2D eigenvalue weighted by molar-refractivity contribution is 5.96. The Kier molecular flexibility index (Phi) is 17.1. The van der Waals surface area contributed by atoms with E-state index in [1.54, 1.807) is 12.2 Å². The summed E-state index contributed by atoms with van der Waals surface area (Å²) in [7, 11) is 0. The van der Waals surface area contributed by atoms with Crippen molar-refractivity contribution in [1.82, 2.24) is 19.1 Å². The highest BCUT2D eigenvalue weighted by Gasteiger charge is 2.23. The molecule has 6 aromatic carbocycles. The number of nitrogens with zero attached hydrogens (tertiary/aromatic N) is 4. The largest absolute Gasteiger partial charge is 0.314 e. The Morgan fingerprint density at radius 1 is 0.557 bits per heavy atom. The minimum absolute atomic E-state index is 0.709. The average molecular weight is 917 g/mol. The van der Waals surface area contributed by atoms with Gasteiger partial charge in [-0.15, -0.1) is 0 Å². The van der Waals surface area contributed by atoms with E-state index in [-0.39, 0.29) is 0 Å². The minimum Gasteiger partial charge on any atom is -0.314 e. The lowest BCUT2D eigenvalue weighted by Gasteiger charge is -2.16. The molecule has 0 fully saturated rings. The fourth-order valence-electron chi connectivity index (χ4n) is 9.68. The van der Waals surface area contributed by atoms with E-state index in [1.807, 2.05) is 45.9 Å². The molecule has 70 heavy (non-hydrogen) atoms. The van der Waals surface area contributed by atoms with Crippen LogP contribution in [0.3, 0.4) is 0 Å². The van der Waals surface area contributed by atoms with Crippen molar-refractivity contribution in [2.75, 3.05) is 0 Å².